The van der Waals surface area contributed by atoms with Crippen molar-refractivity contribution >= 4 is 5.97 Å². The quantitative estimate of drug-likeness (QED) is 0.545. The fourth-order valence-electron chi connectivity index (χ4n) is 1.77. The number of rotatable bonds is 3. The van der Waals surface area contributed by atoms with Crippen LogP contribution in [0.25, 0.3) is 0 Å². The van der Waals surface area contributed by atoms with Gasteiger partial charge >= 0.3 is 5.97 Å². The van der Waals surface area contributed by atoms with Gasteiger partial charge in [-0.2, -0.15) is 5.26 Å². The van der Waals surface area contributed by atoms with E-state index in [0.29, 0.717) is 0 Å². The molecule has 1 aliphatic rings. The van der Waals surface area contributed by atoms with Gasteiger partial charge in [0.2, 0.25) is 0 Å². The lowest BCUT2D eigenvalue weighted by Gasteiger charge is -1.97. The van der Waals surface area contributed by atoms with Crippen molar-refractivity contribution in [2.75, 3.05) is 7.11 Å². The number of carbonyl (C=O) groups is 1. The summed E-state index contributed by atoms with van der Waals surface area (Å²) in [5.74, 6) is -1.13. The van der Waals surface area contributed by atoms with Gasteiger partial charge in [0.1, 0.15) is 6.07 Å². The highest BCUT2D eigenvalue weighted by atomic mass is 16.5. The predicted octanol–water partition coefficient (Wildman–Crippen LogP) is 1.40. The molecule has 1 fully saturated rings. The van der Waals surface area contributed by atoms with E-state index < -0.39 is 11.9 Å². The first-order valence-electron chi connectivity index (χ1n) is 4.34. The average molecular weight is 195 g/mol. The fraction of sp³-hybridized carbons (Fsp3) is 0.600. The largest absolute Gasteiger partial charge is 0.487 e. The van der Waals surface area contributed by atoms with Crippen LogP contribution in [-0.2, 0) is 9.53 Å². The SMILES string of the molecule is CO/C(C#N)=C/[C@@H]1[C@@H](C(=O)O)C1(C)C. The van der Waals surface area contributed by atoms with E-state index in [-0.39, 0.29) is 17.1 Å². The van der Waals surface area contributed by atoms with Gasteiger partial charge in [0, 0.05) is 5.92 Å². The summed E-state index contributed by atoms with van der Waals surface area (Å²) in [6.07, 6.45) is 1.60. The Labute approximate surface area is 82.8 Å². The highest BCUT2D eigenvalue weighted by Crippen LogP contribution is 2.59. The monoisotopic (exact) mass is 195 g/mol. The third-order valence-corrected chi connectivity index (χ3v) is 2.84. The normalized spacial score (nSPS) is 29.1. The maximum atomic E-state index is 10.8. The molecule has 1 aliphatic carbocycles. The maximum absolute atomic E-state index is 10.8. The molecule has 0 amide bonds. The van der Waals surface area contributed by atoms with Crippen LogP contribution in [0.5, 0.6) is 0 Å². The molecule has 1 saturated carbocycles. The van der Waals surface area contributed by atoms with E-state index in [1.54, 1.807) is 6.08 Å². The van der Waals surface area contributed by atoms with Crippen LogP contribution in [0.2, 0.25) is 0 Å². The van der Waals surface area contributed by atoms with Crippen molar-refractivity contribution in [2.24, 2.45) is 17.3 Å². The Balaban J connectivity index is 2.80. The Morgan fingerprint density at radius 1 is 1.64 bits per heavy atom. The summed E-state index contributed by atoms with van der Waals surface area (Å²) in [4.78, 5) is 10.8. The van der Waals surface area contributed by atoms with Gasteiger partial charge in [-0.15, -0.1) is 0 Å². The molecule has 0 heterocycles. The third kappa shape index (κ3) is 1.58. The summed E-state index contributed by atoms with van der Waals surface area (Å²) < 4.78 is 4.78. The molecule has 0 aromatic heterocycles. The zero-order valence-corrected chi connectivity index (χ0v) is 8.44. The Morgan fingerprint density at radius 2 is 2.21 bits per heavy atom. The topological polar surface area (TPSA) is 70.3 Å². The smallest absolute Gasteiger partial charge is 0.307 e. The Morgan fingerprint density at radius 3 is 2.50 bits per heavy atom. The summed E-state index contributed by atoms with van der Waals surface area (Å²) in [5, 5.41) is 17.5. The number of carboxylic acids is 1. The van der Waals surface area contributed by atoms with Crippen molar-refractivity contribution in [3.05, 3.63) is 11.8 Å². The molecule has 1 N–H and O–H groups in total. The van der Waals surface area contributed by atoms with Crippen LogP contribution in [0.1, 0.15) is 13.8 Å². The molecule has 0 aromatic carbocycles. The summed E-state index contributed by atoms with van der Waals surface area (Å²) in [7, 11) is 1.40. The van der Waals surface area contributed by atoms with Gasteiger partial charge in [0.25, 0.3) is 0 Å². The molecule has 0 spiro atoms. The van der Waals surface area contributed by atoms with Crippen molar-refractivity contribution in [1.29, 1.82) is 5.26 Å². The van der Waals surface area contributed by atoms with Crippen molar-refractivity contribution in [1.82, 2.24) is 0 Å². The summed E-state index contributed by atoms with van der Waals surface area (Å²) in [5.41, 5.74) is -0.271. The molecule has 2 atom stereocenters. The molecule has 4 heteroatoms. The lowest BCUT2D eigenvalue weighted by atomic mass is 10.1. The zero-order chi connectivity index (χ0) is 10.9. The first kappa shape index (κ1) is 10.6. The van der Waals surface area contributed by atoms with E-state index in [1.165, 1.54) is 7.11 Å². The number of methoxy groups -OCH3 is 1. The van der Waals surface area contributed by atoms with Crippen LogP contribution in [0, 0.1) is 28.6 Å². The average Bonchev–Trinajstić information content (AvgIpc) is 2.63. The minimum atomic E-state index is -0.815. The van der Waals surface area contributed by atoms with Crippen LogP contribution in [0.15, 0.2) is 11.8 Å². The Bertz CT molecular complexity index is 325. The maximum Gasteiger partial charge on any atom is 0.307 e. The second-order valence-corrected chi connectivity index (χ2v) is 4.01. The van der Waals surface area contributed by atoms with Gasteiger partial charge in [0.05, 0.1) is 13.0 Å². The van der Waals surface area contributed by atoms with E-state index >= 15 is 0 Å². The molecule has 4 nitrogen and oxygen atoms in total. The minimum Gasteiger partial charge on any atom is -0.487 e. The van der Waals surface area contributed by atoms with Crippen LogP contribution < -0.4 is 0 Å². The molecular formula is C10H13NO3. The van der Waals surface area contributed by atoms with E-state index in [1.807, 2.05) is 19.9 Å². The fourth-order valence-corrected chi connectivity index (χ4v) is 1.77. The number of ether oxygens (including phenoxy) is 1. The number of allylic oxidation sites excluding steroid dienone is 2. The molecule has 0 aliphatic heterocycles. The minimum absolute atomic E-state index is 0.102. The van der Waals surface area contributed by atoms with Crippen LogP contribution in [0.3, 0.4) is 0 Å². The van der Waals surface area contributed by atoms with Crippen LogP contribution in [0.4, 0.5) is 0 Å². The highest BCUT2D eigenvalue weighted by molar-refractivity contribution is 5.76. The Kier molecular flexibility index (Phi) is 2.52. The molecule has 0 unspecified atom stereocenters. The van der Waals surface area contributed by atoms with Gasteiger partial charge < -0.3 is 9.84 Å². The summed E-state index contributed by atoms with van der Waals surface area (Å²) in [6, 6.07) is 1.87. The van der Waals surface area contributed by atoms with Crippen molar-refractivity contribution < 1.29 is 14.6 Å². The van der Waals surface area contributed by atoms with Crippen LogP contribution >= 0.6 is 0 Å². The van der Waals surface area contributed by atoms with E-state index in [4.69, 9.17) is 15.1 Å². The number of hydrogen-bond donors (Lipinski definition) is 1. The number of aliphatic carboxylic acids is 1. The van der Waals surface area contributed by atoms with Gasteiger partial charge in [-0.3, -0.25) is 4.79 Å². The zero-order valence-electron chi connectivity index (χ0n) is 8.44. The third-order valence-electron chi connectivity index (χ3n) is 2.84. The lowest BCUT2D eigenvalue weighted by Crippen LogP contribution is -2.03. The van der Waals surface area contributed by atoms with Gasteiger partial charge in [-0.1, -0.05) is 13.8 Å². The summed E-state index contributed by atoms with van der Waals surface area (Å²) in [6.45, 7) is 3.75. The van der Waals surface area contributed by atoms with Crippen molar-refractivity contribution in [3.63, 3.8) is 0 Å². The molecule has 76 valence electrons. The molecular weight excluding hydrogens is 182 g/mol. The van der Waals surface area contributed by atoms with Gasteiger partial charge in [-0.25, -0.2) is 0 Å². The second kappa shape index (κ2) is 3.33. The first-order valence-corrected chi connectivity index (χ1v) is 4.34. The standard InChI is InChI=1S/C10H13NO3/c1-10(2)7(8(10)9(12)13)4-6(5-11)14-3/h4,7-8H,1-3H3,(H,12,13)/b6-4+/t7-,8+/m1/s1. The molecule has 0 bridgehead atoms. The predicted molar refractivity (Wildman–Crippen MR) is 49.1 cm³/mol. The number of hydrogen-bond acceptors (Lipinski definition) is 3. The van der Waals surface area contributed by atoms with Crippen molar-refractivity contribution in [3.8, 4) is 6.07 Å². The number of nitriles is 1. The molecule has 14 heavy (non-hydrogen) atoms. The molecule has 0 saturated heterocycles. The second-order valence-electron chi connectivity index (χ2n) is 4.01. The van der Waals surface area contributed by atoms with E-state index in [9.17, 15) is 4.79 Å². The van der Waals surface area contributed by atoms with Crippen LogP contribution in [-0.4, -0.2) is 18.2 Å². The molecule has 0 aromatic rings. The molecule has 0 radical (unpaired) electrons. The van der Waals surface area contributed by atoms with Gasteiger partial charge in [-0.05, 0) is 11.5 Å². The van der Waals surface area contributed by atoms with E-state index in [0.717, 1.165) is 0 Å². The Hall–Kier alpha value is -1.50. The number of nitrogens with zero attached hydrogens (tertiary/aromatic N) is 1. The highest BCUT2D eigenvalue weighted by Gasteiger charge is 2.61. The molecule has 1 rings (SSSR count). The van der Waals surface area contributed by atoms with Gasteiger partial charge in [0.15, 0.2) is 5.76 Å². The van der Waals surface area contributed by atoms with E-state index in [2.05, 4.69) is 0 Å². The first-order chi connectivity index (χ1) is 6.45. The summed E-state index contributed by atoms with van der Waals surface area (Å²) >= 11 is 0. The lowest BCUT2D eigenvalue weighted by molar-refractivity contribution is -0.139. The van der Waals surface area contributed by atoms with Crippen molar-refractivity contribution in [2.45, 2.75) is 13.8 Å². The number of carboxylic acid groups (broad SMARTS) is 1.